The average Bonchev–Trinajstić information content (AvgIpc) is 3.07. The van der Waals surface area contributed by atoms with Gasteiger partial charge in [0.15, 0.2) is 11.5 Å². The average molecular weight is 332 g/mol. The van der Waals surface area contributed by atoms with Gasteiger partial charge in [-0.25, -0.2) is 9.78 Å². The highest BCUT2D eigenvalue weighted by Crippen LogP contribution is 2.27. The van der Waals surface area contributed by atoms with E-state index in [1.54, 1.807) is 38.7 Å². The molecule has 2 rings (SSSR count). The van der Waals surface area contributed by atoms with Crippen molar-refractivity contribution in [3.63, 3.8) is 0 Å². The Morgan fingerprint density at radius 1 is 1.33 bits per heavy atom. The molecule has 0 saturated heterocycles. The van der Waals surface area contributed by atoms with Crippen LogP contribution in [0.1, 0.15) is 12.5 Å². The zero-order chi connectivity index (χ0) is 17.5. The van der Waals surface area contributed by atoms with E-state index in [1.807, 2.05) is 35.9 Å². The summed E-state index contributed by atoms with van der Waals surface area (Å²) in [6, 6.07) is 5.50. The van der Waals surface area contributed by atoms with Crippen LogP contribution in [0.3, 0.4) is 0 Å². The summed E-state index contributed by atoms with van der Waals surface area (Å²) in [4.78, 5) is 17.9. The lowest BCUT2D eigenvalue weighted by atomic mass is 10.2. The Kier molecular flexibility index (Phi) is 6.06. The molecule has 2 aromatic rings. The molecule has 0 aliphatic rings. The van der Waals surface area contributed by atoms with Crippen molar-refractivity contribution in [1.29, 1.82) is 0 Å². The molecule has 0 spiro atoms. The number of hydrogen-bond acceptors (Lipinski definition) is 4. The number of nitrogens with zero attached hydrogens (tertiary/aromatic N) is 3. The highest BCUT2D eigenvalue weighted by molar-refractivity contribution is 5.74. The first-order valence-electron chi connectivity index (χ1n) is 7.71. The standard InChI is InChI=1S/C17H24N4O3/c1-13(10-21-8-7-18-12-21)19-17(22)20(2)11-14-5-6-15(23-3)16(9-14)24-4/h5-9,12-13H,10-11H2,1-4H3,(H,19,22). The van der Waals surface area contributed by atoms with Gasteiger partial charge in [0.2, 0.25) is 0 Å². The quantitative estimate of drug-likeness (QED) is 0.843. The second kappa shape index (κ2) is 8.24. The van der Waals surface area contributed by atoms with Crippen LogP contribution in [0.4, 0.5) is 4.79 Å². The number of aromatic nitrogens is 2. The van der Waals surface area contributed by atoms with E-state index in [4.69, 9.17) is 9.47 Å². The molecule has 1 unspecified atom stereocenters. The van der Waals surface area contributed by atoms with Crippen molar-refractivity contribution in [2.45, 2.75) is 26.1 Å². The topological polar surface area (TPSA) is 68.6 Å². The van der Waals surface area contributed by atoms with Crippen LogP contribution in [-0.2, 0) is 13.1 Å². The lowest BCUT2D eigenvalue weighted by Crippen LogP contribution is -2.43. The summed E-state index contributed by atoms with van der Waals surface area (Å²) < 4.78 is 12.4. The van der Waals surface area contributed by atoms with Crippen LogP contribution in [0, 0.1) is 0 Å². The summed E-state index contributed by atoms with van der Waals surface area (Å²) in [6.45, 7) is 3.11. The number of methoxy groups -OCH3 is 2. The highest BCUT2D eigenvalue weighted by atomic mass is 16.5. The maximum Gasteiger partial charge on any atom is 0.317 e. The lowest BCUT2D eigenvalue weighted by Gasteiger charge is -2.22. The maximum absolute atomic E-state index is 12.3. The van der Waals surface area contributed by atoms with Crippen molar-refractivity contribution >= 4 is 6.03 Å². The molecular weight excluding hydrogens is 308 g/mol. The van der Waals surface area contributed by atoms with Gasteiger partial charge in [-0.05, 0) is 24.6 Å². The lowest BCUT2D eigenvalue weighted by molar-refractivity contribution is 0.202. The molecule has 1 atom stereocenters. The predicted molar refractivity (Wildman–Crippen MR) is 91.2 cm³/mol. The van der Waals surface area contributed by atoms with Crippen LogP contribution in [0.15, 0.2) is 36.9 Å². The number of nitrogens with one attached hydrogen (secondary N) is 1. The molecule has 0 bridgehead atoms. The molecular formula is C17H24N4O3. The fourth-order valence-electron chi connectivity index (χ4n) is 2.40. The van der Waals surface area contributed by atoms with Gasteiger partial charge < -0.3 is 24.3 Å². The van der Waals surface area contributed by atoms with E-state index in [0.29, 0.717) is 24.6 Å². The molecule has 0 aliphatic carbocycles. The minimum Gasteiger partial charge on any atom is -0.493 e. The minimum atomic E-state index is -0.127. The molecule has 7 heteroatoms. The zero-order valence-electron chi connectivity index (χ0n) is 14.5. The summed E-state index contributed by atoms with van der Waals surface area (Å²) in [7, 11) is 4.95. The molecule has 1 aromatic carbocycles. The Hall–Kier alpha value is -2.70. The van der Waals surface area contributed by atoms with Gasteiger partial charge in [-0.1, -0.05) is 6.07 Å². The van der Waals surface area contributed by atoms with Crippen molar-refractivity contribution in [3.05, 3.63) is 42.5 Å². The summed E-state index contributed by atoms with van der Waals surface area (Å²) in [5.74, 6) is 1.32. The molecule has 130 valence electrons. The first-order chi connectivity index (χ1) is 11.5. The summed E-state index contributed by atoms with van der Waals surface area (Å²) in [5, 5.41) is 2.97. The van der Waals surface area contributed by atoms with Gasteiger partial charge in [0.25, 0.3) is 0 Å². The molecule has 0 saturated carbocycles. The molecule has 0 radical (unpaired) electrons. The van der Waals surface area contributed by atoms with E-state index in [2.05, 4.69) is 10.3 Å². The van der Waals surface area contributed by atoms with Crippen LogP contribution in [0.5, 0.6) is 11.5 Å². The van der Waals surface area contributed by atoms with E-state index < -0.39 is 0 Å². The minimum absolute atomic E-state index is 0.000413. The third kappa shape index (κ3) is 4.65. The second-order valence-corrected chi connectivity index (χ2v) is 5.66. The Labute approximate surface area is 142 Å². The maximum atomic E-state index is 12.3. The van der Waals surface area contributed by atoms with Gasteiger partial charge in [0, 0.05) is 38.6 Å². The summed E-state index contributed by atoms with van der Waals surface area (Å²) in [5.41, 5.74) is 0.965. The molecule has 0 fully saturated rings. The molecule has 1 heterocycles. The first-order valence-corrected chi connectivity index (χ1v) is 7.71. The van der Waals surface area contributed by atoms with Crippen molar-refractivity contribution in [2.24, 2.45) is 0 Å². The fraction of sp³-hybridized carbons (Fsp3) is 0.412. The van der Waals surface area contributed by atoms with Gasteiger partial charge in [0.1, 0.15) is 0 Å². The van der Waals surface area contributed by atoms with Crippen molar-refractivity contribution in [2.75, 3.05) is 21.3 Å². The second-order valence-electron chi connectivity index (χ2n) is 5.66. The summed E-state index contributed by atoms with van der Waals surface area (Å²) >= 11 is 0. The number of hydrogen-bond donors (Lipinski definition) is 1. The number of imidazole rings is 1. The fourth-order valence-corrected chi connectivity index (χ4v) is 2.40. The van der Waals surface area contributed by atoms with Crippen molar-refractivity contribution in [1.82, 2.24) is 19.8 Å². The van der Waals surface area contributed by atoms with Crippen LogP contribution in [0.25, 0.3) is 0 Å². The molecule has 1 aromatic heterocycles. The molecule has 0 aliphatic heterocycles. The Morgan fingerprint density at radius 2 is 2.08 bits per heavy atom. The van der Waals surface area contributed by atoms with Crippen LogP contribution < -0.4 is 14.8 Å². The largest absolute Gasteiger partial charge is 0.493 e. The number of amides is 2. The smallest absolute Gasteiger partial charge is 0.317 e. The number of carbonyl (C=O) groups is 1. The van der Waals surface area contributed by atoms with Crippen LogP contribution in [0.2, 0.25) is 0 Å². The Bertz CT molecular complexity index is 658. The van der Waals surface area contributed by atoms with E-state index in [1.165, 1.54) is 0 Å². The monoisotopic (exact) mass is 332 g/mol. The number of ether oxygens (including phenoxy) is 2. The highest BCUT2D eigenvalue weighted by Gasteiger charge is 2.14. The first kappa shape index (κ1) is 17.7. The SMILES string of the molecule is COc1ccc(CN(C)C(=O)NC(C)Cn2ccnc2)cc1OC. The van der Waals surface area contributed by atoms with Crippen molar-refractivity contribution < 1.29 is 14.3 Å². The van der Waals surface area contributed by atoms with Crippen LogP contribution >= 0.6 is 0 Å². The zero-order valence-corrected chi connectivity index (χ0v) is 14.5. The van der Waals surface area contributed by atoms with E-state index in [-0.39, 0.29) is 12.1 Å². The van der Waals surface area contributed by atoms with Crippen molar-refractivity contribution in [3.8, 4) is 11.5 Å². The predicted octanol–water partition coefficient (Wildman–Crippen LogP) is 2.13. The van der Waals surface area contributed by atoms with Gasteiger partial charge >= 0.3 is 6.03 Å². The van der Waals surface area contributed by atoms with E-state index in [0.717, 1.165) is 5.56 Å². The van der Waals surface area contributed by atoms with E-state index >= 15 is 0 Å². The molecule has 2 amide bonds. The molecule has 1 N–H and O–H groups in total. The Balaban J connectivity index is 1.91. The van der Waals surface area contributed by atoms with E-state index in [9.17, 15) is 4.79 Å². The number of carbonyl (C=O) groups excluding carboxylic acids is 1. The molecule has 7 nitrogen and oxygen atoms in total. The third-order valence-electron chi connectivity index (χ3n) is 3.63. The third-order valence-corrected chi connectivity index (χ3v) is 3.63. The van der Waals surface area contributed by atoms with Gasteiger partial charge in [0.05, 0.1) is 20.5 Å². The normalized spacial score (nSPS) is 11.7. The number of benzene rings is 1. The summed E-state index contributed by atoms with van der Waals surface area (Å²) in [6.07, 6.45) is 5.32. The van der Waals surface area contributed by atoms with Gasteiger partial charge in [-0.3, -0.25) is 0 Å². The number of rotatable bonds is 7. The molecule has 24 heavy (non-hydrogen) atoms. The van der Waals surface area contributed by atoms with Gasteiger partial charge in [-0.2, -0.15) is 0 Å². The number of urea groups is 1. The Morgan fingerprint density at radius 3 is 2.71 bits per heavy atom. The van der Waals surface area contributed by atoms with Crippen LogP contribution in [-0.4, -0.2) is 47.8 Å². The van der Waals surface area contributed by atoms with Gasteiger partial charge in [-0.15, -0.1) is 0 Å².